The lowest BCUT2D eigenvalue weighted by Crippen LogP contribution is -2.41. The van der Waals surface area contributed by atoms with Gasteiger partial charge in [-0.1, -0.05) is 30.3 Å². The fraction of sp³-hybridized carbons (Fsp3) is 0.409. The maximum atomic E-state index is 13.2. The Kier molecular flexibility index (Phi) is 8.76. The van der Waals surface area contributed by atoms with Gasteiger partial charge in [0, 0.05) is 38.6 Å². The number of benzene rings is 1. The summed E-state index contributed by atoms with van der Waals surface area (Å²) in [5.41, 5.74) is 1.78. The molecule has 1 amide bonds. The second-order valence-electron chi connectivity index (χ2n) is 6.57. The molecule has 0 aliphatic carbocycles. The van der Waals surface area contributed by atoms with Crippen molar-refractivity contribution in [2.75, 3.05) is 47.1 Å². The molecule has 1 heterocycles. The lowest BCUT2D eigenvalue weighted by atomic mass is 9.98. The summed E-state index contributed by atoms with van der Waals surface area (Å²) >= 11 is 0. The van der Waals surface area contributed by atoms with E-state index in [2.05, 4.69) is 4.98 Å². The molecule has 0 fully saturated rings. The number of H-pyrrole nitrogens is 1. The number of carbonyl (C=O) groups excluding carboxylic acids is 3. The molecule has 0 atom stereocenters. The minimum absolute atomic E-state index is 0.0617. The molecular weight excluding hydrogens is 388 g/mol. The van der Waals surface area contributed by atoms with Gasteiger partial charge in [0.05, 0.1) is 25.4 Å². The van der Waals surface area contributed by atoms with Gasteiger partial charge in [-0.25, -0.2) is 4.79 Å². The first-order valence-corrected chi connectivity index (χ1v) is 9.72. The molecule has 8 heteroatoms. The van der Waals surface area contributed by atoms with Crippen molar-refractivity contribution in [2.24, 2.45) is 0 Å². The van der Waals surface area contributed by atoms with E-state index in [1.807, 2.05) is 6.07 Å². The summed E-state index contributed by atoms with van der Waals surface area (Å²) in [6, 6.07) is 8.98. The summed E-state index contributed by atoms with van der Waals surface area (Å²) in [5, 5.41) is 0. The third-order valence-electron chi connectivity index (χ3n) is 4.57. The molecule has 0 saturated carbocycles. The van der Waals surface area contributed by atoms with Gasteiger partial charge in [0.2, 0.25) is 0 Å². The van der Waals surface area contributed by atoms with Crippen LogP contribution in [0.25, 0.3) is 11.1 Å². The maximum absolute atomic E-state index is 13.2. The Morgan fingerprint density at radius 2 is 1.60 bits per heavy atom. The smallest absolute Gasteiger partial charge is 0.340 e. The topological polar surface area (TPSA) is 97.9 Å². The molecule has 162 valence electrons. The highest BCUT2D eigenvalue weighted by molar-refractivity contribution is 6.43. The van der Waals surface area contributed by atoms with Crippen molar-refractivity contribution < 1.29 is 28.6 Å². The number of nitrogens with one attached hydrogen (secondary N) is 1. The minimum atomic E-state index is -0.736. The Morgan fingerprint density at radius 3 is 2.13 bits per heavy atom. The average molecular weight is 416 g/mol. The summed E-state index contributed by atoms with van der Waals surface area (Å²) < 4.78 is 15.3. The van der Waals surface area contributed by atoms with E-state index in [0.29, 0.717) is 16.8 Å². The number of aromatic amines is 1. The summed E-state index contributed by atoms with van der Waals surface area (Å²) in [5.74, 6) is -1.98. The predicted molar refractivity (Wildman–Crippen MR) is 112 cm³/mol. The third kappa shape index (κ3) is 5.34. The molecule has 1 aromatic heterocycles. The van der Waals surface area contributed by atoms with Gasteiger partial charge < -0.3 is 24.1 Å². The quantitative estimate of drug-likeness (QED) is 0.343. The van der Waals surface area contributed by atoms with Gasteiger partial charge in [-0.2, -0.15) is 0 Å². The molecule has 0 aliphatic rings. The van der Waals surface area contributed by atoms with Gasteiger partial charge in [-0.05, 0) is 19.4 Å². The Labute approximate surface area is 176 Å². The zero-order chi connectivity index (χ0) is 22.1. The van der Waals surface area contributed by atoms with Gasteiger partial charge in [-0.3, -0.25) is 9.59 Å². The van der Waals surface area contributed by atoms with Crippen LogP contribution < -0.4 is 0 Å². The van der Waals surface area contributed by atoms with Crippen LogP contribution >= 0.6 is 0 Å². The highest BCUT2D eigenvalue weighted by Gasteiger charge is 2.31. The number of aromatic nitrogens is 1. The number of amides is 1. The van der Waals surface area contributed by atoms with Crippen LogP contribution in [0.15, 0.2) is 30.3 Å². The molecule has 0 radical (unpaired) electrons. The van der Waals surface area contributed by atoms with E-state index < -0.39 is 17.7 Å². The minimum Gasteiger partial charge on any atom is -0.462 e. The lowest BCUT2D eigenvalue weighted by Gasteiger charge is -2.21. The highest BCUT2D eigenvalue weighted by Crippen LogP contribution is 2.31. The van der Waals surface area contributed by atoms with E-state index in [9.17, 15) is 14.4 Å². The van der Waals surface area contributed by atoms with E-state index in [1.165, 1.54) is 19.1 Å². The number of carbonyl (C=O) groups is 3. The number of hydrogen-bond donors (Lipinski definition) is 1. The van der Waals surface area contributed by atoms with Crippen LogP contribution in [0.5, 0.6) is 0 Å². The normalized spacial score (nSPS) is 10.7. The van der Waals surface area contributed by atoms with Gasteiger partial charge in [-0.15, -0.1) is 0 Å². The van der Waals surface area contributed by atoms with Gasteiger partial charge >= 0.3 is 5.97 Å². The fourth-order valence-corrected chi connectivity index (χ4v) is 3.12. The van der Waals surface area contributed by atoms with Crippen molar-refractivity contribution in [3.63, 3.8) is 0 Å². The predicted octanol–water partition coefficient (Wildman–Crippen LogP) is 2.47. The number of esters is 1. The molecule has 0 unspecified atom stereocenters. The number of rotatable bonds is 11. The molecular formula is C22H28N2O6. The van der Waals surface area contributed by atoms with Crippen molar-refractivity contribution in [3.05, 3.63) is 47.3 Å². The van der Waals surface area contributed by atoms with Crippen LogP contribution in [0, 0.1) is 6.92 Å². The van der Waals surface area contributed by atoms with Crippen LogP contribution in [0.4, 0.5) is 0 Å². The number of nitrogens with zero attached hydrogens (tertiary/aromatic N) is 1. The average Bonchev–Trinajstić information content (AvgIpc) is 3.10. The van der Waals surface area contributed by atoms with E-state index in [4.69, 9.17) is 14.2 Å². The van der Waals surface area contributed by atoms with E-state index in [0.717, 1.165) is 0 Å². The summed E-state index contributed by atoms with van der Waals surface area (Å²) in [6.07, 6.45) is 0. The molecule has 0 bridgehead atoms. The van der Waals surface area contributed by atoms with Crippen molar-refractivity contribution in [3.8, 4) is 11.1 Å². The molecule has 0 spiro atoms. The zero-order valence-electron chi connectivity index (χ0n) is 17.8. The van der Waals surface area contributed by atoms with Crippen molar-refractivity contribution in [1.82, 2.24) is 9.88 Å². The number of Topliss-reactive ketones (excluding diaryl/α,β-unsaturated/α-hetero) is 1. The number of ether oxygens (including phenoxy) is 3. The Hall–Kier alpha value is -2.97. The fourth-order valence-electron chi connectivity index (χ4n) is 3.12. The van der Waals surface area contributed by atoms with Crippen LogP contribution in [0.3, 0.4) is 0 Å². The van der Waals surface area contributed by atoms with Crippen LogP contribution in [0.1, 0.15) is 33.5 Å². The SMILES string of the molecule is CCOC(=O)c1c(C)[nH]c(C(=O)C(=O)N(CCOC)CCOC)c1-c1ccccc1. The summed E-state index contributed by atoms with van der Waals surface area (Å²) in [4.78, 5) is 43.1. The molecule has 0 aliphatic heterocycles. The number of methoxy groups -OCH3 is 2. The van der Waals surface area contributed by atoms with Crippen LogP contribution in [0.2, 0.25) is 0 Å². The summed E-state index contributed by atoms with van der Waals surface area (Å²) in [6.45, 7) is 4.64. The number of aryl methyl sites for hydroxylation is 1. The zero-order valence-corrected chi connectivity index (χ0v) is 17.8. The standard InChI is InChI=1S/C22H28N2O6/c1-5-30-22(27)17-15(2)23-19(18(17)16-9-7-6-8-10-16)20(25)21(26)24(11-13-28-3)12-14-29-4/h6-10,23H,5,11-14H2,1-4H3. The first-order valence-electron chi connectivity index (χ1n) is 9.72. The Balaban J connectivity index is 2.51. The molecule has 8 nitrogen and oxygen atoms in total. The molecule has 2 aromatic rings. The first-order chi connectivity index (χ1) is 14.5. The second kappa shape index (κ2) is 11.3. The summed E-state index contributed by atoms with van der Waals surface area (Å²) in [7, 11) is 3.04. The molecule has 2 rings (SSSR count). The highest BCUT2D eigenvalue weighted by atomic mass is 16.5. The van der Waals surface area contributed by atoms with Crippen molar-refractivity contribution in [2.45, 2.75) is 13.8 Å². The number of hydrogen-bond acceptors (Lipinski definition) is 6. The monoisotopic (exact) mass is 416 g/mol. The van der Waals surface area contributed by atoms with Crippen LogP contribution in [-0.2, 0) is 19.0 Å². The lowest BCUT2D eigenvalue weighted by molar-refractivity contribution is -0.127. The van der Waals surface area contributed by atoms with Crippen LogP contribution in [-0.4, -0.2) is 74.7 Å². The molecule has 0 saturated heterocycles. The number of ketones is 1. The second-order valence-corrected chi connectivity index (χ2v) is 6.57. The van der Waals surface area contributed by atoms with E-state index in [1.54, 1.807) is 38.1 Å². The largest absolute Gasteiger partial charge is 0.462 e. The first kappa shape index (κ1) is 23.3. The third-order valence-corrected chi connectivity index (χ3v) is 4.57. The molecule has 30 heavy (non-hydrogen) atoms. The van der Waals surface area contributed by atoms with Crippen molar-refractivity contribution >= 4 is 17.7 Å². The molecule has 1 N–H and O–H groups in total. The van der Waals surface area contributed by atoms with Gasteiger partial charge in [0.25, 0.3) is 11.7 Å². The van der Waals surface area contributed by atoms with Gasteiger partial charge in [0.1, 0.15) is 5.69 Å². The van der Waals surface area contributed by atoms with E-state index >= 15 is 0 Å². The van der Waals surface area contributed by atoms with E-state index in [-0.39, 0.29) is 44.2 Å². The van der Waals surface area contributed by atoms with Gasteiger partial charge in [0.15, 0.2) is 0 Å². The molecule has 1 aromatic carbocycles. The maximum Gasteiger partial charge on any atom is 0.340 e. The Morgan fingerprint density at radius 1 is 1.00 bits per heavy atom. The Bertz CT molecular complexity index is 867. The van der Waals surface area contributed by atoms with Crippen molar-refractivity contribution in [1.29, 1.82) is 0 Å².